The van der Waals surface area contributed by atoms with Crippen molar-refractivity contribution in [3.63, 3.8) is 0 Å². The third kappa shape index (κ3) is 3.54. The molecule has 34 heavy (non-hydrogen) atoms. The van der Waals surface area contributed by atoms with E-state index in [-0.39, 0.29) is 18.0 Å². The minimum atomic E-state index is -1.72. The van der Waals surface area contributed by atoms with Crippen molar-refractivity contribution in [2.45, 2.75) is 54.9 Å². The predicted molar refractivity (Wildman–Crippen MR) is 132 cm³/mol. The van der Waals surface area contributed by atoms with E-state index < -0.39 is 27.5 Å². The molecule has 10 radical (unpaired) electrons. The van der Waals surface area contributed by atoms with Crippen LogP contribution in [0.25, 0.3) is 11.1 Å². The summed E-state index contributed by atoms with van der Waals surface area (Å²) in [5.41, 5.74) is 7.65. The van der Waals surface area contributed by atoms with Crippen LogP contribution in [0.2, 0.25) is 0 Å². The molecule has 2 aliphatic carbocycles. The number of pyridine rings is 1. The molecule has 0 saturated heterocycles. The van der Waals surface area contributed by atoms with Crippen molar-refractivity contribution < 1.29 is 13.9 Å². The van der Waals surface area contributed by atoms with E-state index in [2.05, 4.69) is 11.9 Å². The monoisotopic (exact) mass is 445 g/mol. The molecule has 1 aromatic carbocycles. The zero-order chi connectivity index (χ0) is 24.5. The van der Waals surface area contributed by atoms with Gasteiger partial charge in [0.25, 0.3) is 6.02 Å². The summed E-state index contributed by atoms with van der Waals surface area (Å²) in [7, 11) is 30.4. The standard InChI is InChI=1S/C23H21B5FN3O2/c1-12-8-20(5-4-18(12)33-23(26,27)28)9-14-3-2-13(15-6-16(29)11-31-10-15)7-17(14)21(20)22(24,25)34-19(30)32-21/h2-3,6-7,10-12,18H,4-5,8-9H2,1H3,(H2,30,32)/t12-,18-,20-,21-/m0/s1. The van der Waals surface area contributed by atoms with E-state index in [0.29, 0.717) is 31.2 Å². The zero-order valence-corrected chi connectivity index (χ0v) is 19.0. The Balaban J connectivity index is 1.62. The molecular weight excluding hydrogens is 423 g/mol. The second-order valence-corrected chi connectivity index (χ2v) is 10.0. The molecular formula is C23H21B5FN3O2. The van der Waals surface area contributed by atoms with Crippen LogP contribution in [-0.2, 0) is 21.4 Å². The Morgan fingerprint density at radius 2 is 1.94 bits per heavy atom. The lowest BCUT2D eigenvalue weighted by Crippen LogP contribution is -2.60. The first-order valence-corrected chi connectivity index (χ1v) is 11.3. The molecule has 0 bridgehead atoms. The molecule has 0 unspecified atom stereocenters. The first-order valence-electron chi connectivity index (χ1n) is 11.3. The van der Waals surface area contributed by atoms with Gasteiger partial charge in [0, 0.05) is 17.2 Å². The molecule has 162 valence electrons. The summed E-state index contributed by atoms with van der Waals surface area (Å²) in [4.78, 5) is 8.77. The maximum absolute atomic E-state index is 13.9. The van der Waals surface area contributed by atoms with Crippen LogP contribution in [0, 0.1) is 17.2 Å². The van der Waals surface area contributed by atoms with Gasteiger partial charge in [-0.05, 0) is 65.7 Å². The fraction of sp³-hybridized carbons (Fsp3) is 0.478. The summed E-state index contributed by atoms with van der Waals surface area (Å²) in [5, 5.41) is -3.41. The van der Waals surface area contributed by atoms with Crippen LogP contribution in [0.1, 0.15) is 37.3 Å². The van der Waals surface area contributed by atoms with Gasteiger partial charge in [0.2, 0.25) is 0 Å². The summed E-state index contributed by atoms with van der Waals surface area (Å²) < 4.78 is 25.3. The van der Waals surface area contributed by atoms with Crippen LogP contribution in [0.4, 0.5) is 4.39 Å². The number of rotatable bonds is 3. The highest BCUT2D eigenvalue weighted by Gasteiger charge is 2.68. The number of amidine groups is 1. The highest BCUT2D eigenvalue weighted by Crippen LogP contribution is 2.65. The number of aromatic nitrogens is 1. The van der Waals surface area contributed by atoms with Gasteiger partial charge in [-0.25, -0.2) is 9.38 Å². The van der Waals surface area contributed by atoms with E-state index in [0.717, 1.165) is 22.9 Å². The predicted octanol–water partition coefficient (Wildman–Crippen LogP) is 1.28. The van der Waals surface area contributed by atoms with Gasteiger partial charge in [-0.3, -0.25) is 4.98 Å². The highest BCUT2D eigenvalue weighted by atomic mass is 19.1. The summed E-state index contributed by atoms with van der Waals surface area (Å²) in [6.07, 6.45) is 5.11. The van der Waals surface area contributed by atoms with Crippen molar-refractivity contribution >= 4 is 45.3 Å². The summed E-state index contributed by atoms with van der Waals surface area (Å²) in [6, 6.07) is 7.24. The Hall–Kier alpha value is -2.15. The lowest BCUT2D eigenvalue weighted by molar-refractivity contribution is -0.0743. The second kappa shape index (κ2) is 7.68. The fourth-order valence-corrected chi connectivity index (χ4v) is 6.40. The Morgan fingerprint density at radius 3 is 2.56 bits per heavy atom. The number of nitrogens with zero attached hydrogens (tertiary/aromatic N) is 2. The zero-order valence-electron chi connectivity index (χ0n) is 19.0. The van der Waals surface area contributed by atoms with E-state index in [4.69, 9.17) is 59.4 Å². The molecule has 2 N–H and O–H groups in total. The highest BCUT2D eigenvalue weighted by molar-refractivity contribution is 6.58. The lowest BCUT2D eigenvalue weighted by atomic mass is 9.44. The largest absolute Gasteiger partial charge is 0.476 e. The Bertz CT molecular complexity index is 1170. The van der Waals surface area contributed by atoms with Gasteiger partial charge in [-0.15, -0.1) is 0 Å². The molecule has 1 aliphatic heterocycles. The Labute approximate surface area is 205 Å². The number of halogens is 1. The van der Waals surface area contributed by atoms with E-state index in [1.165, 1.54) is 6.07 Å². The molecule has 2 heterocycles. The van der Waals surface area contributed by atoms with Crippen molar-refractivity contribution in [2.75, 3.05) is 0 Å². The molecule has 5 nitrogen and oxygen atoms in total. The number of fused-ring (bicyclic) bond motifs is 3. The van der Waals surface area contributed by atoms with Crippen LogP contribution in [-0.4, -0.2) is 67.0 Å². The van der Waals surface area contributed by atoms with E-state index in [9.17, 15) is 4.39 Å². The average Bonchev–Trinajstić information content (AvgIpc) is 3.13. The molecule has 1 aromatic heterocycles. The van der Waals surface area contributed by atoms with Gasteiger partial charge in [0.1, 0.15) is 27.0 Å². The second-order valence-electron chi connectivity index (χ2n) is 10.0. The van der Waals surface area contributed by atoms with Crippen LogP contribution in [0.3, 0.4) is 0 Å². The van der Waals surface area contributed by atoms with Crippen molar-refractivity contribution in [3.05, 3.63) is 53.6 Å². The maximum Gasteiger partial charge on any atom is 0.281 e. The maximum atomic E-state index is 13.9. The number of benzene rings is 1. The molecule has 2 aromatic rings. The third-order valence-electron chi connectivity index (χ3n) is 7.56. The van der Waals surface area contributed by atoms with Gasteiger partial charge in [0.05, 0.1) is 41.2 Å². The molecule has 1 fully saturated rings. The van der Waals surface area contributed by atoms with Gasteiger partial charge >= 0.3 is 0 Å². The summed E-state index contributed by atoms with van der Waals surface area (Å²) in [5.74, 6) is -0.403. The first-order chi connectivity index (χ1) is 15.9. The minimum absolute atomic E-state index is 0.0228. The van der Waals surface area contributed by atoms with Crippen LogP contribution in [0.15, 0.2) is 41.7 Å². The van der Waals surface area contributed by atoms with Crippen LogP contribution >= 0.6 is 0 Å². The normalized spacial score (nSPS) is 31.9. The fourth-order valence-electron chi connectivity index (χ4n) is 6.40. The number of nitrogens with two attached hydrogens (primary N) is 1. The number of ether oxygens (including phenoxy) is 2. The van der Waals surface area contributed by atoms with Gasteiger partial charge in [-0.2, -0.15) is 0 Å². The Morgan fingerprint density at radius 1 is 1.18 bits per heavy atom. The van der Waals surface area contributed by atoms with Crippen molar-refractivity contribution in [1.82, 2.24) is 4.98 Å². The van der Waals surface area contributed by atoms with Crippen molar-refractivity contribution in [3.8, 4) is 11.1 Å². The summed E-state index contributed by atoms with van der Waals surface area (Å²) >= 11 is 0. The van der Waals surface area contributed by atoms with Gasteiger partial charge < -0.3 is 15.2 Å². The SMILES string of the molecule is [B]C([B])([B])O[C@H]1CC[C@@]2(Cc3ccc(-c4cncc(F)c4)cc3[C@]23N=C(N)OC3([B])[B])C[C@@H]1C. The molecule has 2 spiro atoms. The first kappa shape index (κ1) is 23.6. The van der Waals surface area contributed by atoms with E-state index in [1.54, 1.807) is 6.20 Å². The van der Waals surface area contributed by atoms with Crippen LogP contribution < -0.4 is 5.73 Å². The molecule has 5 rings (SSSR count). The van der Waals surface area contributed by atoms with Gasteiger partial charge in [-0.1, -0.05) is 19.1 Å². The smallest absolute Gasteiger partial charge is 0.281 e. The van der Waals surface area contributed by atoms with E-state index >= 15 is 0 Å². The average molecular weight is 444 g/mol. The molecule has 1 saturated carbocycles. The third-order valence-corrected chi connectivity index (χ3v) is 7.56. The quantitative estimate of drug-likeness (QED) is 0.725. The minimum Gasteiger partial charge on any atom is -0.476 e. The van der Waals surface area contributed by atoms with Crippen molar-refractivity contribution in [1.29, 1.82) is 0 Å². The Kier molecular flexibility index (Phi) is 5.33. The molecule has 3 aliphatic rings. The lowest BCUT2D eigenvalue weighted by Gasteiger charge is -2.54. The topological polar surface area (TPSA) is 69.7 Å². The number of hydrogen-bond donors (Lipinski definition) is 1. The van der Waals surface area contributed by atoms with Crippen molar-refractivity contribution in [2.24, 2.45) is 22.1 Å². The van der Waals surface area contributed by atoms with E-state index in [1.807, 2.05) is 18.2 Å². The van der Waals surface area contributed by atoms with Crippen LogP contribution in [0.5, 0.6) is 0 Å². The van der Waals surface area contributed by atoms with Gasteiger partial charge in [0.15, 0.2) is 0 Å². The number of aliphatic imine (C=N–C) groups is 1. The molecule has 0 amide bonds. The number of hydrogen-bond acceptors (Lipinski definition) is 5. The molecule has 11 heteroatoms. The summed E-state index contributed by atoms with van der Waals surface area (Å²) in [6.45, 7) is 2.05. The molecule has 4 atom stereocenters.